The fraction of sp³-hybridized carbons (Fsp3) is 0.300. The molecule has 2 aromatic rings. The highest BCUT2D eigenvalue weighted by Gasteiger charge is 2.21. The van der Waals surface area contributed by atoms with Gasteiger partial charge in [0.1, 0.15) is 17.6 Å². The molecule has 0 saturated carbocycles. The number of piperazine rings is 1. The van der Waals surface area contributed by atoms with Crippen LogP contribution in [0, 0.1) is 11.3 Å². The summed E-state index contributed by atoms with van der Waals surface area (Å²) in [5.41, 5.74) is 1.90. The van der Waals surface area contributed by atoms with Crippen LogP contribution >= 0.6 is 0 Å². The number of ether oxygens (including phenoxy) is 1. The van der Waals surface area contributed by atoms with Crippen LogP contribution in [-0.2, 0) is 0 Å². The van der Waals surface area contributed by atoms with E-state index in [1.807, 2.05) is 19.1 Å². The van der Waals surface area contributed by atoms with Crippen LogP contribution in [0.25, 0.3) is 0 Å². The lowest BCUT2D eigenvalue weighted by Gasteiger charge is -2.36. The molecule has 27 heavy (non-hydrogen) atoms. The second-order valence-electron chi connectivity index (χ2n) is 6.18. The van der Waals surface area contributed by atoms with Crippen LogP contribution in [0.15, 0.2) is 42.5 Å². The summed E-state index contributed by atoms with van der Waals surface area (Å²) in [4.78, 5) is 16.4. The van der Waals surface area contributed by atoms with Crippen molar-refractivity contribution >= 4 is 17.4 Å². The van der Waals surface area contributed by atoms with E-state index in [1.54, 1.807) is 35.2 Å². The second-order valence-corrected chi connectivity index (χ2v) is 6.18. The van der Waals surface area contributed by atoms with Gasteiger partial charge in [0.2, 0.25) is 0 Å². The fourth-order valence-electron chi connectivity index (χ4n) is 3.04. The van der Waals surface area contributed by atoms with E-state index in [4.69, 9.17) is 4.74 Å². The Bertz CT molecular complexity index is 855. The zero-order valence-corrected chi connectivity index (χ0v) is 15.2. The third-order valence-corrected chi connectivity index (χ3v) is 4.41. The number of phenolic OH excluding ortho intramolecular Hbond substituents is 1. The van der Waals surface area contributed by atoms with Crippen molar-refractivity contribution in [3.05, 3.63) is 48.0 Å². The molecule has 3 rings (SSSR count). The number of carbonyl (C=O) groups is 1. The molecule has 0 radical (unpaired) electrons. The number of rotatable bonds is 4. The van der Waals surface area contributed by atoms with Gasteiger partial charge in [0.05, 0.1) is 12.2 Å². The van der Waals surface area contributed by atoms with E-state index in [0.29, 0.717) is 49.8 Å². The number of phenols is 1. The Hall–Kier alpha value is -3.40. The molecular weight excluding hydrogens is 344 g/mol. The number of nitriles is 1. The van der Waals surface area contributed by atoms with Gasteiger partial charge in [-0.25, -0.2) is 4.79 Å². The van der Waals surface area contributed by atoms with Gasteiger partial charge in [-0.15, -0.1) is 0 Å². The maximum Gasteiger partial charge on any atom is 0.321 e. The Morgan fingerprint density at radius 2 is 2.00 bits per heavy atom. The van der Waals surface area contributed by atoms with E-state index in [-0.39, 0.29) is 11.8 Å². The van der Waals surface area contributed by atoms with E-state index in [9.17, 15) is 15.2 Å². The number of amides is 2. The van der Waals surface area contributed by atoms with Crippen LogP contribution in [0.3, 0.4) is 0 Å². The molecule has 1 aliphatic rings. The molecule has 0 unspecified atom stereocenters. The number of hydrogen-bond acceptors (Lipinski definition) is 5. The summed E-state index contributed by atoms with van der Waals surface area (Å²) < 4.78 is 5.40. The average molecular weight is 366 g/mol. The van der Waals surface area contributed by atoms with Gasteiger partial charge in [0.15, 0.2) is 0 Å². The molecule has 7 nitrogen and oxygen atoms in total. The highest BCUT2D eigenvalue weighted by atomic mass is 16.5. The number of carbonyl (C=O) groups excluding carboxylic acids is 1. The zero-order valence-electron chi connectivity index (χ0n) is 15.2. The van der Waals surface area contributed by atoms with Crippen molar-refractivity contribution < 1.29 is 14.6 Å². The summed E-state index contributed by atoms with van der Waals surface area (Å²) in [5.74, 6) is 0.745. The van der Waals surface area contributed by atoms with Gasteiger partial charge in [-0.2, -0.15) is 5.26 Å². The smallest absolute Gasteiger partial charge is 0.321 e. The summed E-state index contributed by atoms with van der Waals surface area (Å²) in [6, 6.07) is 14.0. The van der Waals surface area contributed by atoms with Crippen LogP contribution in [0.2, 0.25) is 0 Å². The lowest BCUT2D eigenvalue weighted by molar-refractivity contribution is 0.208. The first-order valence-electron chi connectivity index (χ1n) is 8.87. The first kappa shape index (κ1) is 18.4. The molecule has 0 bridgehead atoms. The zero-order chi connectivity index (χ0) is 19.2. The number of nitrogens with zero attached hydrogens (tertiary/aromatic N) is 3. The summed E-state index contributed by atoms with van der Waals surface area (Å²) in [7, 11) is 0. The van der Waals surface area contributed by atoms with E-state index in [2.05, 4.69) is 16.3 Å². The standard InChI is InChI=1S/C20H22N4O3/c1-2-27-19-7-6-16(12-15(19)14-21)22-20(26)24-10-8-23(9-11-24)17-4-3-5-18(25)13-17/h3-7,12-13,25H,2,8-11H2,1H3,(H,22,26). The predicted octanol–water partition coefficient (Wildman–Crippen LogP) is 3.02. The van der Waals surface area contributed by atoms with Crippen molar-refractivity contribution in [2.45, 2.75) is 6.92 Å². The van der Waals surface area contributed by atoms with Crippen molar-refractivity contribution in [3.8, 4) is 17.6 Å². The minimum Gasteiger partial charge on any atom is -0.508 e. The van der Waals surface area contributed by atoms with Gasteiger partial charge >= 0.3 is 6.03 Å². The van der Waals surface area contributed by atoms with Crippen molar-refractivity contribution in [1.29, 1.82) is 5.26 Å². The Labute approximate surface area is 158 Å². The van der Waals surface area contributed by atoms with Crippen molar-refractivity contribution in [3.63, 3.8) is 0 Å². The van der Waals surface area contributed by atoms with Gasteiger partial charge in [-0.3, -0.25) is 0 Å². The maximum absolute atomic E-state index is 12.5. The minimum absolute atomic E-state index is 0.196. The highest BCUT2D eigenvalue weighted by molar-refractivity contribution is 5.90. The highest BCUT2D eigenvalue weighted by Crippen LogP contribution is 2.23. The summed E-state index contributed by atoms with van der Waals surface area (Å²) in [6.07, 6.45) is 0. The molecule has 1 saturated heterocycles. The van der Waals surface area contributed by atoms with Crippen LogP contribution < -0.4 is 15.0 Å². The fourth-order valence-corrected chi connectivity index (χ4v) is 3.04. The van der Waals surface area contributed by atoms with Gasteiger partial charge in [0.25, 0.3) is 0 Å². The first-order chi connectivity index (χ1) is 13.1. The molecule has 2 amide bonds. The Morgan fingerprint density at radius 1 is 1.22 bits per heavy atom. The quantitative estimate of drug-likeness (QED) is 0.868. The van der Waals surface area contributed by atoms with Crippen molar-refractivity contribution in [1.82, 2.24) is 4.90 Å². The lowest BCUT2D eigenvalue weighted by Crippen LogP contribution is -2.50. The molecule has 1 fully saturated rings. The second kappa shape index (κ2) is 8.32. The Balaban J connectivity index is 1.59. The van der Waals surface area contributed by atoms with Crippen LogP contribution in [0.4, 0.5) is 16.2 Å². The van der Waals surface area contributed by atoms with Gasteiger partial charge in [0, 0.05) is 43.6 Å². The van der Waals surface area contributed by atoms with Crippen molar-refractivity contribution in [2.24, 2.45) is 0 Å². The molecule has 0 spiro atoms. The van der Waals surface area contributed by atoms with Crippen LogP contribution in [-0.4, -0.2) is 48.8 Å². The van der Waals surface area contributed by atoms with Gasteiger partial charge in [-0.05, 0) is 37.3 Å². The third-order valence-electron chi connectivity index (χ3n) is 4.41. The molecule has 2 N–H and O–H groups in total. The summed E-state index contributed by atoms with van der Waals surface area (Å²) >= 11 is 0. The van der Waals surface area contributed by atoms with E-state index in [0.717, 1.165) is 5.69 Å². The van der Waals surface area contributed by atoms with E-state index < -0.39 is 0 Å². The molecule has 7 heteroatoms. The predicted molar refractivity (Wildman–Crippen MR) is 103 cm³/mol. The van der Waals surface area contributed by atoms with Gasteiger partial charge < -0.3 is 25.0 Å². The average Bonchev–Trinajstić information content (AvgIpc) is 2.69. The number of urea groups is 1. The lowest BCUT2D eigenvalue weighted by atomic mass is 10.2. The topological polar surface area (TPSA) is 88.8 Å². The van der Waals surface area contributed by atoms with E-state index >= 15 is 0 Å². The Morgan fingerprint density at radius 3 is 2.67 bits per heavy atom. The molecule has 1 aliphatic heterocycles. The van der Waals surface area contributed by atoms with Crippen molar-refractivity contribution in [2.75, 3.05) is 43.0 Å². The number of anilines is 2. The normalized spacial score (nSPS) is 13.8. The first-order valence-corrected chi connectivity index (χ1v) is 8.87. The summed E-state index contributed by atoms with van der Waals surface area (Å²) in [5, 5.41) is 21.7. The number of nitrogens with one attached hydrogen (secondary N) is 1. The van der Waals surface area contributed by atoms with Gasteiger partial charge in [-0.1, -0.05) is 6.07 Å². The molecule has 2 aromatic carbocycles. The largest absolute Gasteiger partial charge is 0.508 e. The molecular formula is C20H22N4O3. The molecule has 140 valence electrons. The maximum atomic E-state index is 12.5. The third kappa shape index (κ3) is 4.42. The molecule has 1 heterocycles. The number of benzene rings is 2. The summed E-state index contributed by atoms with van der Waals surface area (Å²) in [6.45, 7) is 4.84. The van der Waals surface area contributed by atoms with Crippen LogP contribution in [0.5, 0.6) is 11.5 Å². The number of hydrogen-bond donors (Lipinski definition) is 2. The van der Waals surface area contributed by atoms with Crippen LogP contribution in [0.1, 0.15) is 12.5 Å². The SMILES string of the molecule is CCOc1ccc(NC(=O)N2CCN(c3cccc(O)c3)CC2)cc1C#N. The monoisotopic (exact) mass is 366 g/mol. The van der Waals surface area contributed by atoms with E-state index in [1.165, 1.54) is 0 Å². The minimum atomic E-state index is -0.196. The molecule has 0 aliphatic carbocycles. The number of aromatic hydroxyl groups is 1. The molecule has 0 atom stereocenters. The Kier molecular flexibility index (Phi) is 5.67. The molecule has 0 aromatic heterocycles.